The smallest absolute Gasteiger partial charge is 0.250 e. The fraction of sp³-hybridized carbons (Fsp3) is 0.545. The summed E-state index contributed by atoms with van der Waals surface area (Å²) in [6.07, 6.45) is 6.68. The Morgan fingerprint density at radius 2 is 2.40 bits per heavy atom. The van der Waals surface area contributed by atoms with Crippen LogP contribution in [-0.2, 0) is 4.79 Å². The Morgan fingerprint density at radius 1 is 1.73 bits per heavy atom. The molecule has 0 saturated carbocycles. The normalized spacial score (nSPS) is 13.7. The zero-order valence-electron chi connectivity index (χ0n) is 8.99. The summed E-state index contributed by atoms with van der Waals surface area (Å²) in [7, 11) is 1.69. The van der Waals surface area contributed by atoms with Crippen LogP contribution >= 0.6 is 0 Å². The Hall–Kier alpha value is -1.31. The summed E-state index contributed by atoms with van der Waals surface area (Å²) in [5, 5.41) is 15.0. The van der Waals surface area contributed by atoms with E-state index in [0.29, 0.717) is 19.4 Å². The average molecular weight is 210 g/mol. The summed E-state index contributed by atoms with van der Waals surface area (Å²) in [5.74, 6) is 2.06. The summed E-state index contributed by atoms with van der Waals surface area (Å²) in [6.45, 7) is 3.82. The van der Waals surface area contributed by atoms with Crippen LogP contribution in [0.5, 0.6) is 0 Å². The number of nitrogens with one attached hydrogen (secondary N) is 2. The first kappa shape index (κ1) is 13.7. The molecule has 0 saturated heterocycles. The molecule has 0 bridgehead atoms. The summed E-state index contributed by atoms with van der Waals surface area (Å²) in [5.41, 5.74) is 0. The average Bonchev–Trinajstić information content (AvgIpc) is 2.26. The van der Waals surface area contributed by atoms with Gasteiger partial charge in [0.05, 0.1) is 0 Å². The Kier molecular flexibility index (Phi) is 7.33. The number of terminal acetylenes is 1. The van der Waals surface area contributed by atoms with Gasteiger partial charge in [0, 0.05) is 19.0 Å². The summed E-state index contributed by atoms with van der Waals surface area (Å²) < 4.78 is 0. The molecule has 0 heterocycles. The molecule has 0 spiro atoms. The van der Waals surface area contributed by atoms with Crippen molar-refractivity contribution in [1.29, 1.82) is 0 Å². The van der Waals surface area contributed by atoms with E-state index in [0.717, 1.165) is 0 Å². The van der Waals surface area contributed by atoms with Gasteiger partial charge in [-0.05, 0) is 13.5 Å². The van der Waals surface area contributed by atoms with Gasteiger partial charge in [-0.3, -0.25) is 4.79 Å². The third kappa shape index (κ3) is 5.21. The molecular weight excluding hydrogens is 192 g/mol. The van der Waals surface area contributed by atoms with Gasteiger partial charge in [0.1, 0.15) is 6.10 Å². The van der Waals surface area contributed by atoms with E-state index in [2.05, 4.69) is 23.1 Å². The lowest BCUT2D eigenvalue weighted by molar-refractivity contribution is -0.130. The van der Waals surface area contributed by atoms with Crippen LogP contribution in [0.4, 0.5) is 0 Å². The number of carbonyl (C=O) groups excluding carboxylic acids is 1. The first-order valence-corrected chi connectivity index (χ1v) is 4.84. The third-order valence-corrected chi connectivity index (χ3v) is 2.04. The van der Waals surface area contributed by atoms with E-state index in [1.54, 1.807) is 13.1 Å². The lowest BCUT2D eigenvalue weighted by atomic mass is 10.1. The molecule has 2 atom stereocenters. The summed E-state index contributed by atoms with van der Waals surface area (Å²) in [4.78, 5) is 11.4. The number of aliphatic hydroxyl groups excluding tert-OH is 1. The molecule has 15 heavy (non-hydrogen) atoms. The Bertz CT molecular complexity index is 245. The number of hydrogen-bond donors (Lipinski definition) is 3. The maximum Gasteiger partial charge on any atom is 0.250 e. The van der Waals surface area contributed by atoms with Crippen molar-refractivity contribution in [3.63, 3.8) is 0 Å². The lowest BCUT2D eigenvalue weighted by Gasteiger charge is -2.20. The zero-order valence-corrected chi connectivity index (χ0v) is 8.99. The Morgan fingerprint density at radius 3 is 2.87 bits per heavy atom. The first-order valence-electron chi connectivity index (χ1n) is 4.84. The Labute approximate surface area is 90.8 Å². The second kappa shape index (κ2) is 8.04. The predicted octanol–water partition coefficient (Wildman–Crippen LogP) is -0.349. The SMILES string of the molecule is C#CCC[C@H](NC)[C@H](O)C(=O)NCC=C. The van der Waals surface area contributed by atoms with Gasteiger partial charge in [-0.15, -0.1) is 18.9 Å². The van der Waals surface area contributed by atoms with Gasteiger partial charge in [-0.1, -0.05) is 6.08 Å². The monoisotopic (exact) mass is 210 g/mol. The van der Waals surface area contributed by atoms with Crippen molar-refractivity contribution < 1.29 is 9.90 Å². The molecule has 0 unspecified atom stereocenters. The highest BCUT2D eigenvalue weighted by atomic mass is 16.3. The number of carbonyl (C=O) groups is 1. The highest BCUT2D eigenvalue weighted by Gasteiger charge is 2.23. The minimum Gasteiger partial charge on any atom is -0.382 e. The van der Waals surface area contributed by atoms with Crippen molar-refractivity contribution in [1.82, 2.24) is 10.6 Å². The van der Waals surface area contributed by atoms with Gasteiger partial charge in [0.15, 0.2) is 0 Å². The standard InChI is InChI=1S/C11H18N2O2/c1-4-6-7-9(12-3)10(14)11(15)13-8-5-2/h1,5,9-10,12,14H,2,6-8H2,3H3,(H,13,15)/t9-,10-/m0/s1. The second-order valence-corrected chi connectivity index (χ2v) is 3.12. The van der Waals surface area contributed by atoms with E-state index in [1.165, 1.54) is 0 Å². The molecule has 1 amide bonds. The topological polar surface area (TPSA) is 61.4 Å². The molecule has 0 aromatic heterocycles. The van der Waals surface area contributed by atoms with Crippen molar-refractivity contribution in [2.75, 3.05) is 13.6 Å². The van der Waals surface area contributed by atoms with Crippen LogP contribution in [0.15, 0.2) is 12.7 Å². The molecule has 0 aliphatic carbocycles. The van der Waals surface area contributed by atoms with Crippen molar-refractivity contribution in [2.45, 2.75) is 25.0 Å². The number of hydrogen-bond acceptors (Lipinski definition) is 3. The quantitative estimate of drug-likeness (QED) is 0.397. The van der Waals surface area contributed by atoms with Gasteiger partial charge >= 0.3 is 0 Å². The molecule has 0 radical (unpaired) electrons. The summed E-state index contributed by atoms with van der Waals surface area (Å²) in [6, 6.07) is -0.314. The molecule has 0 fully saturated rings. The maximum absolute atomic E-state index is 11.4. The van der Waals surface area contributed by atoms with Crippen LogP contribution in [0.1, 0.15) is 12.8 Å². The van der Waals surface area contributed by atoms with E-state index in [9.17, 15) is 9.90 Å². The van der Waals surface area contributed by atoms with Crippen molar-refractivity contribution >= 4 is 5.91 Å². The molecule has 0 aromatic rings. The number of rotatable bonds is 7. The van der Waals surface area contributed by atoms with Crippen LogP contribution in [-0.4, -0.2) is 36.8 Å². The molecule has 4 heteroatoms. The molecule has 4 nitrogen and oxygen atoms in total. The van der Waals surface area contributed by atoms with Crippen LogP contribution < -0.4 is 10.6 Å². The zero-order chi connectivity index (χ0) is 11.7. The van der Waals surface area contributed by atoms with Gasteiger partial charge in [0.2, 0.25) is 0 Å². The summed E-state index contributed by atoms with van der Waals surface area (Å²) >= 11 is 0. The van der Waals surface area contributed by atoms with Gasteiger partial charge < -0.3 is 15.7 Å². The molecule has 84 valence electrons. The van der Waals surface area contributed by atoms with Crippen LogP contribution in [0.2, 0.25) is 0 Å². The van der Waals surface area contributed by atoms with E-state index in [4.69, 9.17) is 6.42 Å². The largest absolute Gasteiger partial charge is 0.382 e. The minimum atomic E-state index is -1.08. The van der Waals surface area contributed by atoms with E-state index in [-0.39, 0.29) is 6.04 Å². The van der Waals surface area contributed by atoms with E-state index >= 15 is 0 Å². The molecule has 0 aromatic carbocycles. The van der Waals surface area contributed by atoms with Crippen molar-refractivity contribution in [3.05, 3.63) is 12.7 Å². The van der Waals surface area contributed by atoms with Crippen molar-refractivity contribution in [2.24, 2.45) is 0 Å². The van der Waals surface area contributed by atoms with Crippen LogP contribution in [0.3, 0.4) is 0 Å². The fourth-order valence-corrected chi connectivity index (χ4v) is 1.16. The maximum atomic E-state index is 11.4. The van der Waals surface area contributed by atoms with E-state index in [1.807, 2.05) is 0 Å². The number of amides is 1. The molecular formula is C11H18N2O2. The molecule has 3 N–H and O–H groups in total. The van der Waals surface area contributed by atoms with Crippen LogP contribution in [0, 0.1) is 12.3 Å². The second-order valence-electron chi connectivity index (χ2n) is 3.12. The van der Waals surface area contributed by atoms with Crippen molar-refractivity contribution in [3.8, 4) is 12.3 Å². The third-order valence-electron chi connectivity index (χ3n) is 2.04. The molecule has 0 aliphatic rings. The highest BCUT2D eigenvalue weighted by Crippen LogP contribution is 2.02. The molecule has 0 aliphatic heterocycles. The van der Waals surface area contributed by atoms with E-state index < -0.39 is 12.0 Å². The molecule has 0 rings (SSSR count). The van der Waals surface area contributed by atoms with Gasteiger partial charge in [0.25, 0.3) is 5.91 Å². The lowest BCUT2D eigenvalue weighted by Crippen LogP contribution is -2.47. The van der Waals surface area contributed by atoms with Gasteiger partial charge in [-0.25, -0.2) is 0 Å². The number of likely N-dealkylation sites (N-methyl/N-ethyl adjacent to an activating group) is 1. The highest BCUT2D eigenvalue weighted by molar-refractivity contribution is 5.81. The fourth-order valence-electron chi connectivity index (χ4n) is 1.16. The number of aliphatic hydroxyl groups is 1. The predicted molar refractivity (Wildman–Crippen MR) is 60.1 cm³/mol. The van der Waals surface area contributed by atoms with Gasteiger partial charge in [-0.2, -0.15) is 0 Å². The minimum absolute atomic E-state index is 0.314. The Balaban J connectivity index is 4.12. The van der Waals surface area contributed by atoms with Crippen LogP contribution in [0.25, 0.3) is 0 Å². The first-order chi connectivity index (χ1) is 7.17.